The fourth-order valence-electron chi connectivity index (χ4n) is 4.01. The Hall–Kier alpha value is -3.81. The number of halogens is 1. The number of nitrogens with zero attached hydrogens (tertiary/aromatic N) is 4. The van der Waals surface area contributed by atoms with Gasteiger partial charge in [-0.3, -0.25) is 19.3 Å². The van der Waals surface area contributed by atoms with Crippen molar-refractivity contribution in [3.05, 3.63) is 88.3 Å². The molecule has 2 aromatic heterocycles. The van der Waals surface area contributed by atoms with Crippen LogP contribution in [0.5, 0.6) is 0 Å². The van der Waals surface area contributed by atoms with Crippen LogP contribution in [0.15, 0.2) is 54.4 Å². The summed E-state index contributed by atoms with van der Waals surface area (Å²) >= 11 is 0. The highest BCUT2D eigenvalue weighted by Gasteiger charge is 2.46. The number of hydrogen-bond acceptors (Lipinski definition) is 5. The predicted octanol–water partition coefficient (Wildman–Crippen LogP) is 3.19. The normalized spacial score (nSPS) is 18.1. The van der Waals surface area contributed by atoms with Crippen LogP contribution in [0, 0.1) is 19.7 Å². The van der Waals surface area contributed by atoms with Crippen LogP contribution in [0.1, 0.15) is 34.1 Å². The van der Waals surface area contributed by atoms with E-state index in [0.29, 0.717) is 28.1 Å². The van der Waals surface area contributed by atoms with Gasteiger partial charge >= 0.3 is 0 Å². The first kappa shape index (κ1) is 20.5. The van der Waals surface area contributed by atoms with E-state index in [4.69, 9.17) is 0 Å². The molecule has 158 valence electrons. The first-order valence-corrected chi connectivity index (χ1v) is 9.73. The average molecular weight is 420 g/mol. The highest BCUT2D eigenvalue weighted by atomic mass is 19.1. The number of rotatable bonds is 4. The summed E-state index contributed by atoms with van der Waals surface area (Å²) in [6.07, 6.45) is 3.20. The van der Waals surface area contributed by atoms with E-state index in [1.165, 1.54) is 23.1 Å². The maximum atomic E-state index is 14.1. The SMILES string of the molecule is Cc1nn(C)c(C)c1C(O)=C1C(=O)C(=O)N(Cc2cccnc2)C1c1cccc(F)c1. The van der Waals surface area contributed by atoms with Crippen molar-refractivity contribution in [2.24, 2.45) is 7.05 Å². The van der Waals surface area contributed by atoms with E-state index in [1.807, 2.05) is 0 Å². The first-order chi connectivity index (χ1) is 14.8. The number of ketones is 1. The predicted molar refractivity (Wildman–Crippen MR) is 111 cm³/mol. The molecule has 1 aromatic carbocycles. The number of aromatic nitrogens is 3. The lowest BCUT2D eigenvalue weighted by Gasteiger charge is -2.25. The topological polar surface area (TPSA) is 88.3 Å². The maximum absolute atomic E-state index is 14.1. The van der Waals surface area contributed by atoms with E-state index in [1.54, 1.807) is 56.2 Å². The second-order valence-corrected chi connectivity index (χ2v) is 7.51. The largest absolute Gasteiger partial charge is 0.507 e. The number of carbonyl (C=O) groups is 2. The summed E-state index contributed by atoms with van der Waals surface area (Å²) in [5.41, 5.74) is 2.57. The van der Waals surface area contributed by atoms with Gasteiger partial charge < -0.3 is 10.0 Å². The monoisotopic (exact) mass is 420 g/mol. The highest BCUT2D eigenvalue weighted by molar-refractivity contribution is 6.46. The van der Waals surface area contributed by atoms with Crippen molar-refractivity contribution in [1.29, 1.82) is 0 Å². The van der Waals surface area contributed by atoms with E-state index in [2.05, 4.69) is 10.1 Å². The third-order valence-corrected chi connectivity index (χ3v) is 5.53. The molecule has 3 heterocycles. The average Bonchev–Trinajstić information content (AvgIpc) is 3.14. The molecule has 0 saturated carbocycles. The molecule has 8 heteroatoms. The molecule has 1 fully saturated rings. The van der Waals surface area contributed by atoms with Gasteiger partial charge in [0.15, 0.2) is 0 Å². The Morgan fingerprint density at radius 1 is 1.19 bits per heavy atom. The molecule has 1 amide bonds. The summed E-state index contributed by atoms with van der Waals surface area (Å²) in [4.78, 5) is 31.5. The van der Waals surface area contributed by atoms with Gasteiger partial charge in [0, 0.05) is 31.7 Å². The number of likely N-dealkylation sites (tertiary alicyclic amines) is 1. The summed E-state index contributed by atoms with van der Waals surface area (Å²) < 4.78 is 15.7. The van der Waals surface area contributed by atoms with Crippen LogP contribution < -0.4 is 0 Å². The Morgan fingerprint density at radius 3 is 2.58 bits per heavy atom. The van der Waals surface area contributed by atoms with E-state index in [9.17, 15) is 19.1 Å². The molecule has 1 aliphatic heterocycles. The van der Waals surface area contributed by atoms with Gasteiger partial charge in [-0.25, -0.2) is 4.39 Å². The van der Waals surface area contributed by atoms with Crippen LogP contribution in [0.2, 0.25) is 0 Å². The number of Topliss-reactive ketones (excluding diaryl/α,β-unsaturated/α-hetero) is 1. The number of aliphatic hydroxyl groups is 1. The number of carbonyl (C=O) groups excluding carboxylic acids is 2. The Bertz CT molecular complexity index is 1220. The first-order valence-electron chi connectivity index (χ1n) is 9.73. The van der Waals surface area contributed by atoms with Gasteiger partial charge in [-0.2, -0.15) is 5.10 Å². The number of pyridine rings is 1. The van der Waals surface area contributed by atoms with Crippen LogP contribution in [0.3, 0.4) is 0 Å². The quantitative estimate of drug-likeness (QED) is 0.398. The van der Waals surface area contributed by atoms with Crippen molar-refractivity contribution < 1.29 is 19.1 Å². The Morgan fingerprint density at radius 2 is 1.97 bits per heavy atom. The maximum Gasteiger partial charge on any atom is 0.295 e. The summed E-state index contributed by atoms with van der Waals surface area (Å²) in [6.45, 7) is 3.56. The minimum atomic E-state index is -0.949. The molecular formula is C23H21FN4O3. The van der Waals surface area contributed by atoms with Crippen LogP contribution >= 0.6 is 0 Å². The molecule has 7 nitrogen and oxygen atoms in total. The third kappa shape index (κ3) is 3.50. The van der Waals surface area contributed by atoms with Gasteiger partial charge in [-0.1, -0.05) is 18.2 Å². The van der Waals surface area contributed by atoms with Crippen LogP contribution in [0.25, 0.3) is 5.76 Å². The molecule has 0 aliphatic carbocycles. The molecule has 0 radical (unpaired) electrons. The van der Waals surface area contributed by atoms with Gasteiger partial charge in [0.25, 0.3) is 11.7 Å². The molecule has 1 unspecified atom stereocenters. The summed E-state index contributed by atoms with van der Waals surface area (Å²) in [5, 5.41) is 15.5. The Kier molecular flexibility index (Phi) is 5.14. The van der Waals surface area contributed by atoms with Crippen molar-refractivity contribution in [3.8, 4) is 0 Å². The van der Waals surface area contributed by atoms with Crippen molar-refractivity contribution in [3.63, 3.8) is 0 Å². The lowest BCUT2D eigenvalue weighted by molar-refractivity contribution is -0.140. The second kappa shape index (κ2) is 7.79. The molecule has 0 spiro atoms. The van der Waals surface area contributed by atoms with Gasteiger partial charge in [-0.05, 0) is 43.2 Å². The van der Waals surface area contributed by atoms with Gasteiger partial charge in [-0.15, -0.1) is 0 Å². The van der Waals surface area contributed by atoms with Gasteiger partial charge in [0.05, 0.1) is 22.9 Å². The van der Waals surface area contributed by atoms with Crippen molar-refractivity contribution in [2.45, 2.75) is 26.4 Å². The molecule has 4 rings (SSSR count). The molecule has 1 saturated heterocycles. The minimum absolute atomic E-state index is 0.0845. The zero-order chi connectivity index (χ0) is 22.3. The molecule has 1 N–H and O–H groups in total. The van der Waals surface area contributed by atoms with Crippen LogP contribution in [0.4, 0.5) is 4.39 Å². The number of hydrogen-bond donors (Lipinski definition) is 1. The number of benzene rings is 1. The molecule has 3 aromatic rings. The smallest absolute Gasteiger partial charge is 0.295 e. The van der Waals surface area contributed by atoms with E-state index >= 15 is 0 Å². The standard InChI is InChI=1S/C23H21FN4O3/c1-13-18(14(2)27(3)26-13)21(29)19-20(16-7-4-8-17(24)10-16)28(23(31)22(19)30)12-15-6-5-9-25-11-15/h4-11,20,29H,12H2,1-3H3. The molecule has 0 bridgehead atoms. The number of amides is 1. The summed E-state index contributed by atoms with van der Waals surface area (Å²) in [5.74, 6) is -2.40. The molecule has 1 aliphatic rings. The minimum Gasteiger partial charge on any atom is -0.507 e. The fourth-order valence-corrected chi connectivity index (χ4v) is 4.01. The highest BCUT2D eigenvalue weighted by Crippen LogP contribution is 2.41. The van der Waals surface area contributed by atoms with Gasteiger partial charge in [0.2, 0.25) is 0 Å². The Labute approximate surface area is 178 Å². The van der Waals surface area contributed by atoms with Crippen molar-refractivity contribution in [1.82, 2.24) is 19.7 Å². The number of aliphatic hydroxyl groups excluding tert-OH is 1. The van der Waals surface area contributed by atoms with E-state index in [-0.39, 0.29) is 17.9 Å². The fraction of sp³-hybridized carbons (Fsp3) is 0.217. The zero-order valence-electron chi connectivity index (χ0n) is 17.3. The lowest BCUT2D eigenvalue weighted by atomic mass is 9.94. The van der Waals surface area contributed by atoms with Crippen LogP contribution in [-0.4, -0.2) is 36.5 Å². The van der Waals surface area contributed by atoms with E-state index in [0.717, 1.165) is 0 Å². The van der Waals surface area contributed by atoms with Gasteiger partial charge in [0.1, 0.15) is 11.6 Å². The summed E-state index contributed by atoms with van der Waals surface area (Å²) in [6, 6.07) is 8.25. The second-order valence-electron chi connectivity index (χ2n) is 7.51. The lowest BCUT2D eigenvalue weighted by Crippen LogP contribution is -2.29. The summed E-state index contributed by atoms with van der Waals surface area (Å²) in [7, 11) is 1.73. The molecular weight excluding hydrogens is 399 g/mol. The van der Waals surface area contributed by atoms with Crippen molar-refractivity contribution in [2.75, 3.05) is 0 Å². The number of aryl methyl sites for hydroxylation is 2. The van der Waals surface area contributed by atoms with E-state index < -0.39 is 23.5 Å². The third-order valence-electron chi connectivity index (χ3n) is 5.53. The van der Waals surface area contributed by atoms with Crippen LogP contribution in [-0.2, 0) is 23.2 Å². The molecule has 1 atom stereocenters. The molecule has 31 heavy (non-hydrogen) atoms. The van der Waals surface area contributed by atoms with Crippen molar-refractivity contribution >= 4 is 17.4 Å². The zero-order valence-corrected chi connectivity index (χ0v) is 17.3. The Balaban J connectivity index is 1.92.